The van der Waals surface area contributed by atoms with Crippen molar-refractivity contribution in [1.82, 2.24) is 10.8 Å². The molecule has 0 aliphatic rings. The third-order valence-electron chi connectivity index (χ3n) is 1.84. The van der Waals surface area contributed by atoms with Gasteiger partial charge in [0.05, 0.1) is 0 Å². The minimum atomic E-state index is -0.531. The van der Waals surface area contributed by atoms with Crippen molar-refractivity contribution in [1.29, 1.82) is 0 Å². The standard InChI is InChI=1S/C10H14N2O3/c1-11-6-7-15-9-4-2-8(3-5-9)10(13)12-14/h2-5,11,14H,6-7H2,1H3,(H,12,13). The molecule has 1 aromatic carbocycles. The third-order valence-corrected chi connectivity index (χ3v) is 1.84. The minimum Gasteiger partial charge on any atom is -0.492 e. The van der Waals surface area contributed by atoms with Crippen LogP contribution in [0.3, 0.4) is 0 Å². The van der Waals surface area contributed by atoms with Crippen LogP contribution in [0.25, 0.3) is 0 Å². The summed E-state index contributed by atoms with van der Waals surface area (Å²) in [5, 5.41) is 11.3. The third kappa shape index (κ3) is 3.57. The molecular formula is C10H14N2O3. The number of ether oxygens (including phenoxy) is 1. The predicted molar refractivity (Wildman–Crippen MR) is 55.1 cm³/mol. The molecule has 5 nitrogen and oxygen atoms in total. The molecule has 1 rings (SSSR count). The minimum absolute atomic E-state index is 0.387. The number of hydroxylamine groups is 1. The Morgan fingerprint density at radius 2 is 2.07 bits per heavy atom. The van der Waals surface area contributed by atoms with Crippen molar-refractivity contribution >= 4 is 5.91 Å². The molecule has 0 fully saturated rings. The number of carbonyl (C=O) groups is 1. The fourth-order valence-corrected chi connectivity index (χ4v) is 1.04. The van der Waals surface area contributed by atoms with E-state index in [0.29, 0.717) is 17.9 Å². The topological polar surface area (TPSA) is 70.6 Å². The van der Waals surface area contributed by atoms with Crippen molar-refractivity contribution in [2.24, 2.45) is 0 Å². The lowest BCUT2D eigenvalue weighted by molar-refractivity contribution is 0.0706. The molecule has 0 heterocycles. The number of hydrogen-bond acceptors (Lipinski definition) is 4. The molecule has 0 atom stereocenters. The summed E-state index contributed by atoms with van der Waals surface area (Å²) in [6.07, 6.45) is 0. The van der Waals surface area contributed by atoms with Gasteiger partial charge >= 0.3 is 0 Å². The van der Waals surface area contributed by atoms with Gasteiger partial charge in [-0.3, -0.25) is 10.0 Å². The average molecular weight is 210 g/mol. The van der Waals surface area contributed by atoms with Gasteiger partial charge in [-0.1, -0.05) is 0 Å². The maximum absolute atomic E-state index is 11.0. The van der Waals surface area contributed by atoms with Gasteiger partial charge in [0, 0.05) is 12.1 Å². The van der Waals surface area contributed by atoms with E-state index in [-0.39, 0.29) is 0 Å². The van der Waals surface area contributed by atoms with Gasteiger partial charge in [-0.05, 0) is 31.3 Å². The van der Waals surface area contributed by atoms with Gasteiger partial charge in [-0.25, -0.2) is 5.48 Å². The molecule has 0 unspecified atom stereocenters. The molecule has 3 N–H and O–H groups in total. The molecular weight excluding hydrogens is 196 g/mol. The van der Waals surface area contributed by atoms with Crippen molar-refractivity contribution in [3.63, 3.8) is 0 Å². The van der Waals surface area contributed by atoms with Crippen LogP contribution < -0.4 is 15.5 Å². The molecule has 0 radical (unpaired) electrons. The number of amides is 1. The first-order chi connectivity index (χ1) is 7.27. The van der Waals surface area contributed by atoms with Crippen molar-refractivity contribution in [2.75, 3.05) is 20.2 Å². The van der Waals surface area contributed by atoms with Crippen LogP contribution in [-0.2, 0) is 0 Å². The second-order valence-electron chi connectivity index (χ2n) is 2.92. The highest BCUT2D eigenvalue weighted by Gasteiger charge is 2.02. The Morgan fingerprint density at radius 1 is 1.40 bits per heavy atom. The summed E-state index contributed by atoms with van der Waals surface area (Å²) < 4.78 is 5.36. The lowest BCUT2D eigenvalue weighted by Crippen LogP contribution is -2.18. The van der Waals surface area contributed by atoms with E-state index in [2.05, 4.69) is 5.32 Å². The number of likely N-dealkylation sites (N-methyl/N-ethyl adjacent to an activating group) is 1. The van der Waals surface area contributed by atoms with Crippen LogP contribution in [-0.4, -0.2) is 31.3 Å². The molecule has 0 spiro atoms. The Morgan fingerprint density at radius 3 is 2.60 bits per heavy atom. The lowest BCUT2D eigenvalue weighted by Gasteiger charge is -2.05. The second-order valence-corrected chi connectivity index (χ2v) is 2.92. The molecule has 0 aliphatic carbocycles. The van der Waals surface area contributed by atoms with E-state index in [9.17, 15) is 4.79 Å². The Bertz CT molecular complexity index is 311. The smallest absolute Gasteiger partial charge is 0.274 e. The molecule has 0 aromatic heterocycles. The molecule has 15 heavy (non-hydrogen) atoms. The van der Waals surface area contributed by atoms with Gasteiger partial charge in [-0.2, -0.15) is 0 Å². The number of hydrogen-bond donors (Lipinski definition) is 3. The van der Waals surface area contributed by atoms with E-state index < -0.39 is 5.91 Å². The van der Waals surface area contributed by atoms with E-state index in [1.165, 1.54) is 0 Å². The first-order valence-electron chi connectivity index (χ1n) is 4.60. The zero-order valence-electron chi connectivity index (χ0n) is 8.49. The maximum Gasteiger partial charge on any atom is 0.274 e. The Kier molecular flexibility index (Phi) is 4.59. The van der Waals surface area contributed by atoms with Gasteiger partial charge in [0.2, 0.25) is 0 Å². The Hall–Kier alpha value is -1.59. The Labute approximate surface area is 88.0 Å². The van der Waals surface area contributed by atoms with Crippen LogP contribution in [0.4, 0.5) is 0 Å². The van der Waals surface area contributed by atoms with Gasteiger partial charge in [0.15, 0.2) is 0 Å². The highest BCUT2D eigenvalue weighted by Crippen LogP contribution is 2.11. The first-order valence-corrected chi connectivity index (χ1v) is 4.60. The quantitative estimate of drug-likeness (QED) is 0.374. The monoisotopic (exact) mass is 210 g/mol. The molecule has 0 saturated heterocycles. The van der Waals surface area contributed by atoms with E-state index >= 15 is 0 Å². The van der Waals surface area contributed by atoms with Crippen molar-refractivity contribution in [2.45, 2.75) is 0 Å². The highest BCUT2D eigenvalue weighted by molar-refractivity contribution is 5.93. The van der Waals surface area contributed by atoms with Crippen LogP contribution in [0, 0.1) is 0 Å². The van der Waals surface area contributed by atoms with Crippen LogP contribution in [0.1, 0.15) is 10.4 Å². The molecule has 5 heteroatoms. The zero-order chi connectivity index (χ0) is 11.1. The van der Waals surface area contributed by atoms with Crippen molar-refractivity contribution < 1.29 is 14.7 Å². The average Bonchev–Trinajstić information content (AvgIpc) is 2.29. The van der Waals surface area contributed by atoms with E-state index in [4.69, 9.17) is 9.94 Å². The SMILES string of the molecule is CNCCOc1ccc(C(=O)NO)cc1. The normalized spacial score (nSPS) is 9.73. The number of nitrogens with one attached hydrogen (secondary N) is 2. The fraction of sp³-hybridized carbons (Fsp3) is 0.300. The summed E-state index contributed by atoms with van der Waals surface area (Å²) in [5.74, 6) is 0.163. The van der Waals surface area contributed by atoms with E-state index in [1.807, 2.05) is 7.05 Å². The number of benzene rings is 1. The van der Waals surface area contributed by atoms with Gasteiger partial charge < -0.3 is 10.1 Å². The van der Waals surface area contributed by atoms with Crippen LogP contribution in [0.15, 0.2) is 24.3 Å². The van der Waals surface area contributed by atoms with Gasteiger partial charge in [0.25, 0.3) is 5.91 Å². The summed E-state index contributed by atoms with van der Waals surface area (Å²) in [4.78, 5) is 11.0. The van der Waals surface area contributed by atoms with E-state index in [0.717, 1.165) is 6.54 Å². The second kappa shape index (κ2) is 6.00. The van der Waals surface area contributed by atoms with Crippen LogP contribution in [0.2, 0.25) is 0 Å². The van der Waals surface area contributed by atoms with Crippen molar-refractivity contribution in [3.8, 4) is 5.75 Å². The Balaban J connectivity index is 2.52. The predicted octanol–water partition coefficient (Wildman–Crippen LogP) is 0.404. The molecule has 1 aromatic rings. The summed E-state index contributed by atoms with van der Waals surface area (Å²) in [6.45, 7) is 1.33. The highest BCUT2D eigenvalue weighted by atomic mass is 16.5. The molecule has 0 bridgehead atoms. The summed E-state index contributed by atoms with van der Waals surface area (Å²) in [6, 6.07) is 6.53. The summed E-state index contributed by atoms with van der Waals surface area (Å²) in [5.41, 5.74) is 1.95. The molecule has 0 aliphatic heterocycles. The maximum atomic E-state index is 11.0. The molecule has 0 saturated carbocycles. The largest absolute Gasteiger partial charge is 0.492 e. The van der Waals surface area contributed by atoms with E-state index in [1.54, 1.807) is 29.7 Å². The lowest BCUT2D eigenvalue weighted by atomic mass is 10.2. The number of rotatable bonds is 5. The van der Waals surface area contributed by atoms with Crippen LogP contribution >= 0.6 is 0 Å². The zero-order valence-corrected chi connectivity index (χ0v) is 8.49. The first kappa shape index (κ1) is 11.5. The van der Waals surface area contributed by atoms with Crippen LogP contribution in [0.5, 0.6) is 5.75 Å². The van der Waals surface area contributed by atoms with Gasteiger partial charge in [0.1, 0.15) is 12.4 Å². The number of carbonyl (C=O) groups excluding carboxylic acids is 1. The fourth-order valence-electron chi connectivity index (χ4n) is 1.04. The van der Waals surface area contributed by atoms with Crippen molar-refractivity contribution in [3.05, 3.63) is 29.8 Å². The molecule has 82 valence electrons. The van der Waals surface area contributed by atoms with Gasteiger partial charge in [-0.15, -0.1) is 0 Å². The summed E-state index contributed by atoms with van der Waals surface area (Å²) >= 11 is 0. The molecule has 1 amide bonds. The summed E-state index contributed by atoms with van der Waals surface area (Å²) in [7, 11) is 1.85.